The average Bonchev–Trinajstić information content (AvgIpc) is 3.20. The standard InChI is InChI=1S/C20H12F2N2O4/c1-10-6-7-28-17(10)18(25)23-15-8-14(22)16(9-13(15)21)24-19(26)11-4-2-3-5-12(11)20(24)27/h2-9H,1H3,(H,23,25). The summed E-state index contributed by atoms with van der Waals surface area (Å²) in [6.07, 6.45) is 1.30. The van der Waals surface area contributed by atoms with Crippen LogP contribution >= 0.6 is 0 Å². The monoisotopic (exact) mass is 382 g/mol. The van der Waals surface area contributed by atoms with Crippen LogP contribution in [0.5, 0.6) is 0 Å². The van der Waals surface area contributed by atoms with Gasteiger partial charge >= 0.3 is 0 Å². The molecule has 0 atom stereocenters. The molecule has 2 aromatic carbocycles. The highest BCUT2D eigenvalue weighted by Crippen LogP contribution is 2.33. The zero-order valence-corrected chi connectivity index (χ0v) is 14.5. The largest absolute Gasteiger partial charge is 0.459 e. The number of nitrogens with one attached hydrogen (secondary N) is 1. The van der Waals surface area contributed by atoms with Crippen molar-refractivity contribution < 1.29 is 27.6 Å². The number of nitrogens with zero attached hydrogens (tertiary/aromatic N) is 1. The second-order valence-corrected chi connectivity index (χ2v) is 6.16. The highest BCUT2D eigenvalue weighted by Gasteiger charge is 2.38. The van der Waals surface area contributed by atoms with Crippen molar-refractivity contribution >= 4 is 29.1 Å². The lowest BCUT2D eigenvalue weighted by molar-refractivity contribution is 0.0923. The number of carbonyl (C=O) groups is 3. The second kappa shape index (κ2) is 6.41. The summed E-state index contributed by atoms with van der Waals surface area (Å²) >= 11 is 0. The second-order valence-electron chi connectivity index (χ2n) is 6.16. The Morgan fingerprint density at radius 3 is 2.21 bits per heavy atom. The lowest BCUT2D eigenvalue weighted by Crippen LogP contribution is -2.30. The Morgan fingerprint density at radius 2 is 1.64 bits per heavy atom. The summed E-state index contributed by atoms with van der Waals surface area (Å²) in [4.78, 5) is 37.6. The smallest absolute Gasteiger partial charge is 0.291 e. The van der Waals surface area contributed by atoms with E-state index in [9.17, 15) is 23.2 Å². The number of anilines is 2. The number of hydrogen-bond acceptors (Lipinski definition) is 4. The van der Waals surface area contributed by atoms with Crippen LogP contribution in [0.4, 0.5) is 20.2 Å². The summed E-state index contributed by atoms with van der Waals surface area (Å²) in [5.41, 5.74) is -0.230. The molecule has 0 radical (unpaired) electrons. The molecule has 0 fully saturated rings. The van der Waals surface area contributed by atoms with Gasteiger partial charge in [0, 0.05) is 17.7 Å². The van der Waals surface area contributed by atoms with Gasteiger partial charge in [0.2, 0.25) is 0 Å². The number of aryl methyl sites for hydroxylation is 1. The Balaban J connectivity index is 1.67. The highest BCUT2D eigenvalue weighted by atomic mass is 19.1. The van der Waals surface area contributed by atoms with Gasteiger partial charge in [0.1, 0.15) is 11.6 Å². The molecule has 0 bridgehead atoms. The number of hydrogen-bond donors (Lipinski definition) is 1. The van der Waals surface area contributed by atoms with E-state index in [4.69, 9.17) is 4.42 Å². The van der Waals surface area contributed by atoms with E-state index in [1.54, 1.807) is 25.1 Å². The fourth-order valence-electron chi connectivity index (χ4n) is 3.00. The molecule has 0 spiro atoms. The number of halogens is 2. The average molecular weight is 382 g/mol. The lowest BCUT2D eigenvalue weighted by atomic mass is 10.1. The molecule has 6 nitrogen and oxygen atoms in total. The van der Waals surface area contributed by atoms with Crippen molar-refractivity contribution in [3.63, 3.8) is 0 Å². The van der Waals surface area contributed by atoms with Gasteiger partial charge in [0.05, 0.1) is 28.8 Å². The maximum absolute atomic E-state index is 14.6. The Labute approximate surface area is 157 Å². The van der Waals surface area contributed by atoms with Gasteiger partial charge in [-0.05, 0) is 25.1 Å². The molecule has 0 saturated carbocycles. The van der Waals surface area contributed by atoms with Crippen LogP contribution in [-0.4, -0.2) is 17.7 Å². The molecule has 3 aromatic rings. The van der Waals surface area contributed by atoms with E-state index in [0.29, 0.717) is 22.6 Å². The minimum Gasteiger partial charge on any atom is -0.459 e. The first-order chi connectivity index (χ1) is 13.4. The third-order valence-electron chi connectivity index (χ3n) is 4.39. The minimum atomic E-state index is -1.04. The van der Waals surface area contributed by atoms with Crippen molar-refractivity contribution in [2.24, 2.45) is 0 Å². The van der Waals surface area contributed by atoms with Gasteiger partial charge in [-0.3, -0.25) is 14.4 Å². The minimum absolute atomic E-state index is 0.0377. The Morgan fingerprint density at radius 1 is 1.00 bits per heavy atom. The molecule has 0 saturated heterocycles. The van der Waals surface area contributed by atoms with Gasteiger partial charge in [-0.1, -0.05) is 12.1 Å². The summed E-state index contributed by atoms with van der Waals surface area (Å²) in [5.74, 6) is -4.34. The first kappa shape index (κ1) is 17.6. The van der Waals surface area contributed by atoms with Crippen LogP contribution in [0, 0.1) is 18.6 Å². The molecule has 1 aromatic heterocycles. The summed E-state index contributed by atoms with van der Waals surface area (Å²) < 4.78 is 34.2. The van der Waals surface area contributed by atoms with Gasteiger partial charge in [-0.2, -0.15) is 0 Å². The molecule has 1 aliphatic rings. The Hall–Kier alpha value is -3.81. The molecule has 140 valence electrons. The summed E-state index contributed by atoms with van der Waals surface area (Å²) in [6.45, 7) is 1.63. The Bertz CT molecular complexity index is 1120. The zero-order chi connectivity index (χ0) is 20.0. The predicted octanol–water partition coefficient (Wildman–Crippen LogP) is 3.92. The van der Waals surface area contributed by atoms with Crippen LogP contribution in [-0.2, 0) is 0 Å². The predicted molar refractivity (Wildman–Crippen MR) is 95.3 cm³/mol. The Kier molecular flexibility index (Phi) is 4.03. The van der Waals surface area contributed by atoms with Crippen molar-refractivity contribution in [1.82, 2.24) is 0 Å². The van der Waals surface area contributed by atoms with E-state index in [1.807, 2.05) is 0 Å². The van der Waals surface area contributed by atoms with Crippen LogP contribution in [0.2, 0.25) is 0 Å². The first-order valence-corrected chi connectivity index (χ1v) is 8.21. The number of amides is 3. The number of furan rings is 1. The quantitative estimate of drug-likeness (QED) is 0.697. The SMILES string of the molecule is Cc1ccoc1C(=O)Nc1cc(F)c(N2C(=O)c3ccccc3C2=O)cc1F. The normalized spacial score (nSPS) is 13.0. The molecule has 2 heterocycles. The van der Waals surface area contributed by atoms with Crippen LogP contribution in [0.25, 0.3) is 0 Å². The van der Waals surface area contributed by atoms with Gasteiger partial charge in [-0.15, -0.1) is 0 Å². The van der Waals surface area contributed by atoms with Crippen LogP contribution in [0.15, 0.2) is 53.1 Å². The molecule has 28 heavy (non-hydrogen) atoms. The summed E-state index contributed by atoms with van der Waals surface area (Å²) in [7, 11) is 0. The van der Waals surface area contributed by atoms with E-state index in [2.05, 4.69) is 5.32 Å². The zero-order valence-electron chi connectivity index (χ0n) is 14.5. The molecule has 1 N–H and O–H groups in total. The third-order valence-corrected chi connectivity index (χ3v) is 4.39. The van der Waals surface area contributed by atoms with Crippen molar-refractivity contribution in [2.75, 3.05) is 10.2 Å². The molecule has 0 aliphatic carbocycles. The number of benzene rings is 2. The maximum atomic E-state index is 14.6. The van der Waals surface area contributed by atoms with Crippen LogP contribution in [0.1, 0.15) is 36.8 Å². The van der Waals surface area contributed by atoms with E-state index in [0.717, 1.165) is 0 Å². The third kappa shape index (κ3) is 2.66. The number of carbonyl (C=O) groups excluding carboxylic acids is 3. The molecule has 3 amide bonds. The van der Waals surface area contributed by atoms with E-state index >= 15 is 0 Å². The van der Waals surface area contributed by atoms with Crippen molar-refractivity contribution in [1.29, 1.82) is 0 Å². The number of imide groups is 1. The number of fused-ring (bicyclic) bond motifs is 1. The topological polar surface area (TPSA) is 79.6 Å². The molecular weight excluding hydrogens is 370 g/mol. The van der Waals surface area contributed by atoms with Crippen LogP contribution < -0.4 is 10.2 Å². The van der Waals surface area contributed by atoms with Gasteiger partial charge in [0.25, 0.3) is 17.7 Å². The lowest BCUT2D eigenvalue weighted by Gasteiger charge is -2.16. The van der Waals surface area contributed by atoms with Gasteiger partial charge < -0.3 is 9.73 Å². The van der Waals surface area contributed by atoms with Crippen LogP contribution in [0.3, 0.4) is 0 Å². The van der Waals surface area contributed by atoms with E-state index in [-0.39, 0.29) is 16.9 Å². The summed E-state index contributed by atoms with van der Waals surface area (Å²) in [5, 5.41) is 2.22. The first-order valence-electron chi connectivity index (χ1n) is 8.21. The summed E-state index contributed by atoms with van der Waals surface area (Å²) in [6, 6.07) is 8.97. The van der Waals surface area contributed by atoms with E-state index < -0.39 is 40.7 Å². The molecule has 1 aliphatic heterocycles. The fraction of sp³-hybridized carbons (Fsp3) is 0.0500. The van der Waals surface area contributed by atoms with Crippen molar-refractivity contribution in [2.45, 2.75) is 6.92 Å². The van der Waals surface area contributed by atoms with Crippen molar-refractivity contribution in [3.8, 4) is 0 Å². The van der Waals surface area contributed by atoms with E-state index in [1.165, 1.54) is 18.4 Å². The fourth-order valence-corrected chi connectivity index (χ4v) is 3.00. The van der Waals surface area contributed by atoms with Crippen molar-refractivity contribution in [3.05, 3.63) is 82.8 Å². The van der Waals surface area contributed by atoms with Gasteiger partial charge in [0.15, 0.2) is 5.76 Å². The van der Waals surface area contributed by atoms with Gasteiger partial charge in [-0.25, -0.2) is 13.7 Å². The molecule has 8 heteroatoms. The molecular formula is C20H12F2N2O4. The number of rotatable bonds is 3. The highest BCUT2D eigenvalue weighted by molar-refractivity contribution is 6.34. The maximum Gasteiger partial charge on any atom is 0.291 e. The molecule has 0 unspecified atom stereocenters. The molecule has 4 rings (SSSR count).